The van der Waals surface area contributed by atoms with Crippen LogP contribution >= 0.6 is 11.3 Å². The Balaban J connectivity index is 1.25. The highest BCUT2D eigenvalue weighted by Crippen LogP contribution is 2.32. The van der Waals surface area contributed by atoms with E-state index in [9.17, 15) is 14.4 Å². The largest absolute Gasteiger partial charge is 0.454 e. The van der Waals surface area contributed by atoms with Gasteiger partial charge in [0.05, 0.1) is 25.5 Å². The number of morpholine rings is 1. The molecule has 1 fully saturated rings. The molecule has 2 aromatic rings. The molecule has 3 heterocycles. The third kappa shape index (κ3) is 4.86. The number of rotatable bonds is 5. The standard InChI is InChI=1S/C19H21N5O6S/c1-11-16(31-19(21-11)24-4-6-28-7-5-24)18(27)23-22-15(25)9-20-17(26)12-2-3-13-14(8-12)30-10-29-13/h2-3,8H,4-7,9-10H2,1H3,(H,20,26)(H,22,25)(H,23,27). The van der Waals surface area contributed by atoms with Crippen LogP contribution in [0.25, 0.3) is 0 Å². The Hall–Kier alpha value is -3.38. The maximum absolute atomic E-state index is 12.4. The van der Waals surface area contributed by atoms with Crippen LogP contribution in [0.15, 0.2) is 18.2 Å². The Bertz CT molecular complexity index is 1000. The third-order valence-corrected chi connectivity index (χ3v) is 5.85. The van der Waals surface area contributed by atoms with Crippen molar-refractivity contribution in [3.05, 3.63) is 34.3 Å². The summed E-state index contributed by atoms with van der Waals surface area (Å²) in [6.07, 6.45) is 0. The van der Waals surface area contributed by atoms with E-state index in [1.165, 1.54) is 17.4 Å². The highest BCUT2D eigenvalue weighted by Gasteiger charge is 2.21. The molecule has 0 spiro atoms. The molecule has 2 aliphatic heterocycles. The molecule has 2 aliphatic rings. The van der Waals surface area contributed by atoms with Crippen molar-refractivity contribution in [1.29, 1.82) is 0 Å². The molecule has 31 heavy (non-hydrogen) atoms. The second kappa shape index (κ2) is 9.18. The van der Waals surface area contributed by atoms with Crippen molar-refractivity contribution in [3.63, 3.8) is 0 Å². The molecule has 0 bridgehead atoms. The topological polar surface area (TPSA) is 131 Å². The number of nitrogens with zero attached hydrogens (tertiary/aromatic N) is 2. The zero-order valence-electron chi connectivity index (χ0n) is 16.7. The van der Waals surface area contributed by atoms with Gasteiger partial charge in [0.1, 0.15) is 4.88 Å². The van der Waals surface area contributed by atoms with Crippen LogP contribution in [0.4, 0.5) is 5.13 Å². The van der Waals surface area contributed by atoms with Crippen molar-refractivity contribution < 1.29 is 28.6 Å². The molecule has 1 saturated heterocycles. The van der Waals surface area contributed by atoms with Gasteiger partial charge in [-0.05, 0) is 25.1 Å². The van der Waals surface area contributed by atoms with Crippen molar-refractivity contribution in [2.24, 2.45) is 0 Å². The molecule has 0 radical (unpaired) electrons. The maximum atomic E-state index is 12.4. The summed E-state index contributed by atoms with van der Waals surface area (Å²) in [4.78, 5) is 43.6. The number of thiazole rings is 1. The minimum atomic E-state index is -0.571. The van der Waals surface area contributed by atoms with E-state index in [-0.39, 0.29) is 13.3 Å². The number of nitrogens with one attached hydrogen (secondary N) is 3. The summed E-state index contributed by atoms with van der Waals surface area (Å²) in [7, 11) is 0. The summed E-state index contributed by atoms with van der Waals surface area (Å²) in [6.45, 7) is 4.21. The van der Waals surface area contributed by atoms with E-state index in [0.29, 0.717) is 53.9 Å². The molecule has 0 unspecified atom stereocenters. The van der Waals surface area contributed by atoms with Crippen LogP contribution in [0, 0.1) is 6.92 Å². The second-order valence-electron chi connectivity index (χ2n) is 6.76. The predicted molar refractivity (Wildman–Crippen MR) is 110 cm³/mol. The number of ether oxygens (including phenoxy) is 3. The number of hydrazine groups is 1. The van der Waals surface area contributed by atoms with Gasteiger partial charge in [0.25, 0.3) is 17.7 Å². The molecular weight excluding hydrogens is 426 g/mol. The molecule has 1 aromatic carbocycles. The third-order valence-electron chi connectivity index (χ3n) is 4.63. The Labute approximate surface area is 181 Å². The number of carbonyl (C=O) groups excluding carboxylic acids is 3. The fourth-order valence-corrected chi connectivity index (χ4v) is 4.02. The highest BCUT2D eigenvalue weighted by atomic mass is 32.1. The molecule has 11 nitrogen and oxygen atoms in total. The number of fused-ring (bicyclic) bond motifs is 1. The minimum Gasteiger partial charge on any atom is -0.454 e. The number of benzene rings is 1. The van der Waals surface area contributed by atoms with E-state index in [1.54, 1.807) is 19.1 Å². The minimum absolute atomic E-state index is 0.107. The molecule has 4 rings (SSSR count). The van der Waals surface area contributed by atoms with Gasteiger partial charge < -0.3 is 24.4 Å². The monoisotopic (exact) mass is 447 g/mol. The Morgan fingerprint density at radius 1 is 1.10 bits per heavy atom. The van der Waals surface area contributed by atoms with E-state index >= 15 is 0 Å². The summed E-state index contributed by atoms with van der Waals surface area (Å²) >= 11 is 1.26. The van der Waals surface area contributed by atoms with Crippen molar-refractivity contribution in [1.82, 2.24) is 21.2 Å². The average molecular weight is 447 g/mol. The van der Waals surface area contributed by atoms with Crippen molar-refractivity contribution in [2.75, 3.05) is 44.5 Å². The van der Waals surface area contributed by atoms with Crippen LogP contribution in [0.1, 0.15) is 25.7 Å². The van der Waals surface area contributed by atoms with Gasteiger partial charge in [-0.1, -0.05) is 11.3 Å². The lowest BCUT2D eigenvalue weighted by Crippen LogP contribution is -2.46. The van der Waals surface area contributed by atoms with Crippen LogP contribution < -0.4 is 30.5 Å². The number of amides is 3. The normalized spacial score (nSPS) is 14.8. The molecule has 3 amide bonds. The van der Waals surface area contributed by atoms with Gasteiger partial charge in [-0.3, -0.25) is 25.2 Å². The first-order valence-electron chi connectivity index (χ1n) is 9.58. The lowest BCUT2D eigenvalue weighted by Gasteiger charge is -2.25. The summed E-state index contributed by atoms with van der Waals surface area (Å²) < 4.78 is 15.8. The molecule has 0 saturated carbocycles. The summed E-state index contributed by atoms with van der Waals surface area (Å²) in [5, 5.41) is 3.23. The van der Waals surface area contributed by atoms with Gasteiger partial charge in [-0.15, -0.1) is 0 Å². The fraction of sp³-hybridized carbons (Fsp3) is 0.368. The number of aryl methyl sites for hydroxylation is 1. The summed E-state index contributed by atoms with van der Waals surface area (Å²) in [5.74, 6) is -0.455. The highest BCUT2D eigenvalue weighted by molar-refractivity contribution is 7.17. The van der Waals surface area contributed by atoms with E-state index in [2.05, 4.69) is 26.1 Å². The van der Waals surface area contributed by atoms with Crippen LogP contribution in [0.2, 0.25) is 0 Å². The lowest BCUT2D eigenvalue weighted by atomic mass is 10.2. The van der Waals surface area contributed by atoms with Crippen LogP contribution in [-0.2, 0) is 9.53 Å². The molecule has 164 valence electrons. The Kier molecular flexibility index (Phi) is 6.18. The zero-order chi connectivity index (χ0) is 21.8. The fourth-order valence-electron chi connectivity index (χ4n) is 3.01. The Morgan fingerprint density at radius 3 is 2.68 bits per heavy atom. The number of hydrogen-bond donors (Lipinski definition) is 3. The van der Waals surface area contributed by atoms with Crippen LogP contribution in [0.5, 0.6) is 11.5 Å². The average Bonchev–Trinajstić information content (AvgIpc) is 3.42. The first-order valence-corrected chi connectivity index (χ1v) is 10.4. The number of aromatic nitrogens is 1. The SMILES string of the molecule is Cc1nc(N2CCOCC2)sc1C(=O)NNC(=O)CNC(=O)c1ccc2c(c1)OCO2. The first-order chi connectivity index (χ1) is 15.0. The number of carbonyl (C=O) groups is 3. The zero-order valence-corrected chi connectivity index (χ0v) is 17.5. The number of hydrogen-bond acceptors (Lipinski definition) is 9. The molecule has 0 atom stereocenters. The molecular formula is C19H21N5O6S. The van der Waals surface area contributed by atoms with Crippen molar-refractivity contribution >= 4 is 34.2 Å². The van der Waals surface area contributed by atoms with E-state index in [1.807, 2.05) is 0 Å². The van der Waals surface area contributed by atoms with Crippen LogP contribution in [-0.4, -0.2) is 62.3 Å². The Morgan fingerprint density at radius 2 is 1.87 bits per heavy atom. The lowest BCUT2D eigenvalue weighted by molar-refractivity contribution is -0.120. The summed E-state index contributed by atoms with van der Waals surface area (Å²) in [5.41, 5.74) is 5.56. The van der Waals surface area contributed by atoms with Gasteiger partial charge in [0.2, 0.25) is 6.79 Å². The maximum Gasteiger partial charge on any atom is 0.281 e. The molecule has 3 N–H and O–H groups in total. The quantitative estimate of drug-likeness (QED) is 0.555. The van der Waals surface area contributed by atoms with Gasteiger partial charge >= 0.3 is 0 Å². The van der Waals surface area contributed by atoms with E-state index in [4.69, 9.17) is 14.2 Å². The first kappa shape index (κ1) is 20.9. The van der Waals surface area contributed by atoms with E-state index in [0.717, 1.165) is 5.13 Å². The smallest absolute Gasteiger partial charge is 0.281 e. The van der Waals surface area contributed by atoms with Crippen molar-refractivity contribution in [2.45, 2.75) is 6.92 Å². The number of anilines is 1. The molecule has 12 heteroatoms. The predicted octanol–water partition coefficient (Wildman–Crippen LogP) is 0.208. The van der Waals surface area contributed by atoms with E-state index < -0.39 is 17.7 Å². The second-order valence-corrected chi connectivity index (χ2v) is 7.74. The van der Waals surface area contributed by atoms with Gasteiger partial charge in [-0.2, -0.15) is 0 Å². The van der Waals surface area contributed by atoms with Gasteiger partial charge in [0, 0.05) is 18.7 Å². The van der Waals surface area contributed by atoms with Crippen molar-refractivity contribution in [3.8, 4) is 11.5 Å². The molecule has 1 aromatic heterocycles. The molecule has 0 aliphatic carbocycles. The van der Waals surface area contributed by atoms with Crippen LogP contribution in [0.3, 0.4) is 0 Å². The summed E-state index contributed by atoms with van der Waals surface area (Å²) in [6, 6.07) is 4.73. The van der Waals surface area contributed by atoms with Gasteiger partial charge in [0.15, 0.2) is 16.6 Å². The van der Waals surface area contributed by atoms with Gasteiger partial charge in [-0.25, -0.2) is 4.98 Å².